The van der Waals surface area contributed by atoms with Crippen LogP contribution in [0.15, 0.2) is 0 Å². The molecule has 1 aliphatic heterocycles. The molecule has 3 N–H and O–H groups in total. The van der Waals surface area contributed by atoms with Gasteiger partial charge in [0.15, 0.2) is 0 Å². The van der Waals surface area contributed by atoms with Gasteiger partial charge < -0.3 is 16.0 Å². The van der Waals surface area contributed by atoms with E-state index < -0.39 is 5.41 Å². The maximum absolute atomic E-state index is 12.4. The third-order valence-electron chi connectivity index (χ3n) is 3.27. The van der Waals surface area contributed by atoms with E-state index in [4.69, 9.17) is 18.0 Å². The van der Waals surface area contributed by atoms with Crippen molar-refractivity contribution in [3.8, 4) is 0 Å². The first-order valence-electron chi connectivity index (χ1n) is 5.77. The predicted octanol–water partition coefficient (Wildman–Crippen LogP) is 0.0373. The molecule has 6 heteroatoms. The highest BCUT2D eigenvalue weighted by Gasteiger charge is 2.38. The molecule has 5 nitrogen and oxygen atoms in total. The second-order valence-electron chi connectivity index (χ2n) is 4.48. The Morgan fingerprint density at radius 1 is 1.65 bits per heavy atom. The Bertz CT molecular complexity index is 346. The van der Waals surface area contributed by atoms with E-state index >= 15 is 0 Å². The fourth-order valence-electron chi connectivity index (χ4n) is 1.76. The van der Waals surface area contributed by atoms with Gasteiger partial charge in [0.2, 0.25) is 11.8 Å². The number of carbonyl (C=O) groups excluding carboxylic acids is 2. The predicted molar refractivity (Wildman–Crippen MR) is 69.4 cm³/mol. The minimum absolute atomic E-state index is 0.0943. The van der Waals surface area contributed by atoms with Crippen LogP contribution >= 0.6 is 12.2 Å². The molecule has 0 aliphatic carbocycles. The zero-order chi connectivity index (χ0) is 13.1. The fraction of sp³-hybridized carbons (Fsp3) is 0.727. The minimum Gasteiger partial charge on any atom is -0.392 e. The van der Waals surface area contributed by atoms with Crippen molar-refractivity contribution in [1.82, 2.24) is 10.2 Å². The third-order valence-corrected chi connectivity index (χ3v) is 3.72. The summed E-state index contributed by atoms with van der Waals surface area (Å²) in [6.45, 7) is 4.88. The molecule has 0 aromatic rings. The molecule has 1 saturated heterocycles. The number of carbonyl (C=O) groups is 2. The maximum Gasteiger partial charge on any atom is 0.239 e. The number of nitrogens with one attached hydrogen (secondary N) is 1. The summed E-state index contributed by atoms with van der Waals surface area (Å²) >= 11 is 4.97. The Labute approximate surface area is 107 Å². The monoisotopic (exact) mass is 257 g/mol. The first-order chi connectivity index (χ1) is 7.91. The zero-order valence-corrected chi connectivity index (χ0v) is 11.1. The standard InChI is InChI=1S/C11H19N3O2S/c1-3-11(2,9(12)17)10(16)14-6-4-5-13-8(15)7-14/h3-7H2,1-2H3,(H2,12,17)(H,13,15). The summed E-state index contributed by atoms with van der Waals surface area (Å²) in [5, 5.41) is 2.73. The molecule has 1 heterocycles. The van der Waals surface area contributed by atoms with Gasteiger partial charge in [0, 0.05) is 13.1 Å². The van der Waals surface area contributed by atoms with Crippen LogP contribution < -0.4 is 11.1 Å². The van der Waals surface area contributed by atoms with Crippen molar-refractivity contribution in [3.63, 3.8) is 0 Å². The van der Waals surface area contributed by atoms with E-state index in [1.54, 1.807) is 11.8 Å². The molecule has 1 unspecified atom stereocenters. The van der Waals surface area contributed by atoms with E-state index in [-0.39, 0.29) is 23.3 Å². The Morgan fingerprint density at radius 2 is 2.29 bits per heavy atom. The van der Waals surface area contributed by atoms with E-state index in [0.29, 0.717) is 19.5 Å². The average Bonchev–Trinajstić information content (AvgIpc) is 2.51. The van der Waals surface area contributed by atoms with Crippen molar-refractivity contribution >= 4 is 29.0 Å². The first kappa shape index (κ1) is 13.9. The van der Waals surface area contributed by atoms with Crippen molar-refractivity contribution in [2.24, 2.45) is 11.1 Å². The summed E-state index contributed by atoms with van der Waals surface area (Å²) < 4.78 is 0. The van der Waals surface area contributed by atoms with Crippen molar-refractivity contribution in [2.45, 2.75) is 26.7 Å². The van der Waals surface area contributed by atoms with Gasteiger partial charge in [0.1, 0.15) is 0 Å². The Hall–Kier alpha value is -1.17. The van der Waals surface area contributed by atoms with Crippen LogP contribution in [0.1, 0.15) is 26.7 Å². The molecule has 0 aromatic carbocycles. The van der Waals surface area contributed by atoms with Crippen molar-refractivity contribution in [1.29, 1.82) is 0 Å². The maximum atomic E-state index is 12.4. The summed E-state index contributed by atoms with van der Waals surface area (Å²) in [5.74, 6) is -0.276. The molecule has 1 atom stereocenters. The smallest absolute Gasteiger partial charge is 0.239 e. The normalized spacial score (nSPS) is 20.1. The van der Waals surface area contributed by atoms with Crippen LogP contribution in [0.4, 0.5) is 0 Å². The second-order valence-corrected chi connectivity index (χ2v) is 4.92. The summed E-state index contributed by atoms with van der Waals surface area (Å²) in [4.78, 5) is 25.5. The van der Waals surface area contributed by atoms with E-state index in [9.17, 15) is 9.59 Å². The molecule has 96 valence electrons. The highest BCUT2D eigenvalue weighted by atomic mass is 32.1. The molecular weight excluding hydrogens is 238 g/mol. The summed E-state index contributed by atoms with van der Waals surface area (Å²) in [6, 6.07) is 0. The van der Waals surface area contributed by atoms with Gasteiger partial charge in [-0.15, -0.1) is 0 Å². The van der Waals surface area contributed by atoms with Crippen LogP contribution in [0.3, 0.4) is 0 Å². The van der Waals surface area contributed by atoms with Crippen LogP contribution in [-0.4, -0.2) is 41.3 Å². The molecule has 17 heavy (non-hydrogen) atoms. The van der Waals surface area contributed by atoms with Crippen LogP contribution in [0.2, 0.25) is 0 Å². The minimum atomic E-state index is -0.847. The number of nitrogens with two attached hydrogens (primary N) is 1. The van der Waals surface area contributed by atoms with Gasteiger partial charge >= 0.3 is 0 Å². The molecule has 0 saturated carbocycles. The number of amides is 2. The van der Waals surface area contributed by atoms with Gasteiger partial charge in [-0.1, -0.05) is 19.1 Å². The zero-order valence-electron chi connectivity index (χ0n) is 10.3. The lowest BCUT2D eigenvalue weighted by atomic mass is 9.85. The Kier molecular flexibility index (Phi) is 4.45. The molecule has 1 rings (SSSR count). The van der Waals surface area contributed by atoms with E-state index in [1.165, 1.54) is 0 Å². The van der Waals surface area contributed by atoms with E-state index in [1.807, 2.05) is 6.92 Å². The van der Waals surface area contributed by atoms with E-state index in [0.717, 1.165) is 6.42 Å². The van der Waals surface area contributed by atoms with Gasteiger partial charge in [0.05, 0.1) is 16.9 Å². The highest BCUT2D eigenvalue weighted by Crippen LogP contribution is 2.25. The van der Waals surface area contributed by atoms with Crippen LogP contribution in [0.25, 0.3) is 0 Å². The molecule has 0 radical (unpaired) electrons. The lowest BCUT2D eigenvalue weighted by Crippen LogP contribution is -2.50. The summed E-state index contributed by atoms with van der Waals surface area (Å²) in [5.41, 5.74) is 4.80. The van der Waals surface area contributed by atoms with Crippen LogP contribution in [0, 0.1) is 5.41 Å². The van der Waals surface area contributed by atoms with Gasteiger partial charge in [-0.25, -0.2) is 0 Å². The number of hydrogen-bond acceptors (Lipinski definition) is 3. The second kappa shape index (κ2) is 5.44. The molecule has 2 amide bonds. The van der Waals surface area contributed by atoms with Crippen molar-refractivity contribution in [3.05, 3.63) is 0 Å². The van der Waals surface area contributed by atoms with Gasteiger partial charge in [-0.3, -0.25) is 9.59 Å². The topological polar surface area (TPSA) is 75.4 Å². The quantitative estimate of drug-likeness (QED) is 0.700. The van der Waals surface area contributed by atoms with E-state index in [2.05, 4.69) is 5.32 Å². The molecular formula is C11H19N3O2S. The fourth-order valence-corrected chi connectivity index (χ4v) is 1.99. The summed E-state index contributed by atoms with van der Waals surface area (Å²) in [6.07, 6.45) is 1.30. The third kappa shape index (κ3) is 2.94. The molecule has 0 aromatic heterocycles. The number of hydrogen-bond donors (Lipinski definition) is 2. The number of nitrogens with zero attached hydrogens (tertiary/aromatic N) is 1. The first-order valence-corrected chi connectivity index (χ1v) is 6.18. The van der Waals surface area contributed by atoms with Crippen molar-refractivity contribution in [2.75, 3.05) is 19.6 Å². The van der Waals surface area contributed by atoms with Crippen LogP contribution in [0.5, 0.6) is 0 Å². The SMILES string of the molecule is CCC(C)(C(=O)N1CCCNC(=O)C1)C(N)=S. The van der Waals surface area contributed by atoms with Gasteiger partial charge in [0.25, 0.3) is 0 Å². The molecule has 1 aliphatic rings. The number of thiocarbonyl (C=S) groups is 1. The Balaban J connectivity index is 2.86. The Morgan fingerprint density at radius 3 is 2.82 bits per heavy atom. The molecule has 0 bridgehead atoms. The summed E-state index contributed by atoms with van der Waals surface area (Å²) in [7, 11) is 0. The lowest BCUT2D eigenvalue weighted by molar-refractivity contribution is -0.140. The largest absolute Gasteiger partial charge is 0.392 e. The molecule has 0 spiro atoms. The highest BCUT2D eigenvalue weighted by molar-refractivity contribution is 7.80. The van der Waals surface area contributed by atoms with Crippen LogP contribution in [-0.2, 0) is 9.59 Å². The van der Waals surface area contributed by atoms with Crippen molar-refractivity contribution < 1.29 is 9.59 Å². The number of rotatable bonds is 3. The van der Waals surface area contributed by atoms with Gasteiger partial charge in [-0.05, 0) is 19.8 Å². The average molecular weight is 257 g/mol. The van der Waals surface area contributed by atoms with Gasteiger partial charge in [-0.2, -0.15) is 0 Å². The lowest BCUT2D eigenvalue weighted by Gasteiger charge is -2.31. The molecule has 1 fully saturated rings.